The smallest absolute Gasteiger partial charge is 0.436 e. The second-order valence-electron chi connectivity index (χ2n) is 3.11. The molecule has 1 rings (SSSR count). The molecule has 7 heteroatoms. The lowest BCUT2D eigenvalue weighted by Gasteiger charge is -2.25. The summed E-state index contributed by atoms with van der Waals surface area (Å²) >= 11 is 0. The minimum absolute atomic E-state index is 0.286. The molecule has 0 atom stereocenters. The van der Waals surface area contributed by atoms with Gasteiger partial charge in [0, 0.05) is 19.6 Å². The highest BCUT2D eigenvalue weighted by Gasteiger charge is 2.10. The van der Waals surface area contributed by atoms with Gasteiger partial charge in [-0.2, -0.15) is 0 Å². The van der Waals surface area contributed by atoms with Crippen molar-refractivity contribution in [1.29, 1.82) is 0 Å². The number of morpholine rings is 1. The predicted molar refractivity (Wildman–Crippen MR) is 54.4 cm³/mol. The molecule has 15 heavy (non-hydrogen) atoms. The summed E-state index contributed by atoms with van der Waals surface area (Å²) < 4.78 is 9.96. The minimum Gasteiger partial charge on any atom is -0.446 e. The van der Waals surface area contributed by atoms with Gasteiger partial charge in [0.2, 0.25) is 0 Å². The maximum atomic E-state index is 10.9. The highest BCUT2D eigenvalue weighted by Crippen LogP contribution is 1.96. The summed E-state index contributed by atoms with van der Waals surface area (Å²) in [5.41, 5.74) is 10.0. The van der Waals surface area contributed by atoms with Crippen molar-refractivity contribution < 1.29 is 14.3 Å². The monoisotopic (exact) mass is 216 g/mol. The molecule has 1 aliphatic rings. The molecule has 0 aromatic rings. The summed E-state index contributed by atoms with van der Waals surface area (Å²) in [5, 5.41) is 0. The van der Waals surface area contributed by atoms with Crippen molar-refractivity contribution in [3.8, 4) is 0 Å². The molecule has 0 spiro atoms. The van der Waals surface area contributed by atoms with E-state index in [-0.39, 0.29) is 12.6 Å². The first-order chi connectivity index (χ1) is 7.18. The van der Waals surface area contributed by atoms with Crippen LogP contribution < -0.4 is 11.5 Å². The number of carbonyl (C=O) groups excluding carboxylic acids is 1. The van der Waals surface area contributed by atoms with Crippen LogP contribution in [0.15, 0.2) is 4.99 Å². The van der Waals surface area contributed by atoms with Crippen LogP contribution in [0.5, 0.6) is 0 Å². The molecule has 7 nitrogen and oxygen atoms in total. The van der Waals surface area contributed by atoms with Crippen molar-refractivity contribution >= 4 is 12.1 Å². The molecule has 1 aliphatic heterocycles. The molecule has 0 radical (unpaired) electrons. The number of amides is 1. The summed E-state index contributed by atoms with van der Waals surface area (Å²) in [5.74, 6) is -0.286. The number of nitrogens with zero attached hydrogens (tertiary/aromatic N) is 2. The third-order valence-corrected chi connectivity index (χ3v) is 1.96. The molecule has 1 saturated heterocycles. The fraction of sp³-hybridized carbons (Fsp3) is 0.750. The van der Waals surface area contributed by atoms with Gasteiger partial charge in [0.25, 0.3) is 0 Å². The SMILES string of the molecule is NC(N)=NC(=O)OCCN1CCOCC1. The van der Waals surface area contributed by atoms with E-state index in [1.165, 1.54) is 0 Å². The van der Waals surface area contributed by atoms with Crippen LogP contribution >= 0.6 is 0 Å². The fourth-order valence-electron chi connectivity index (χ4n) is 1.22. The molecule has 0 bridgehead atoms. The molecule has 0 aliphatic carbocycles. The number of hydrogen-bond donors (Lipinski definition) is 2. The standard InChI is InChI=1S/C8H16N4O3/c9-7(10)11-8(13)15-6-3-12-1-4-14-5-2-12/h1-6H2,(H4,9,10,11,13). The molecule has 86 valence electrons. The molecular formula is C8H16N4O3. The highest BCUT2D eigenvalue weighted by molar-refractivity contribution is 5.87. The third-order valence-electron chi connectivity index (χ3n) is 1.96. The van der Waals surface area contributed by atoms with Gasteiger partial charge in [-0.1, -0.05) is 0 Å². The molecule has 0 aromatic carbocycles. The van der Waals surface area contributed by atoms with Crippen LogP contribution in [0.3, 0.4) is 0 Å². The fourth-order valence-corrected chi connectivity index (χ4v) is 1.22. The molecule has 4 N–H and O–H groups in total. The summed E-state index contributed by atoms with van der Waals surface area (Å²) in [6.45, 7) is 4.13. The van der Waals surface area contributed by atoms with E-state index in [0.717, 1.165) is 26.3 Å². The number of guanidine groups is 1. The quantitative estimate of drug-likeness (QED) is 0.450. The Morgan fingerprint density at radius 2 is 2.07 bits per heavy atom. The van der Waals surface area contributed by atoms with E-state index in [4.69, 9.17) is 20.9 Å². The van der Waals surface area contributed by atoms with Gasteiger partial charge < -0.3 is 20.9 Å². The summed E-state index contributed by atoms with van der Waals surface area (Å²) in [6, 6.07) is 0. The predicted octanol–water partition coefficient (Wildman–Crippen LogP) is -1.27. The van der Waals surface area contributed by atoms with E-state index in [1.54, 1.807) is 0 Å². The molecule has 1 fully saturated rings. The zero-order valence-electron chi connectivity index (χ0n) is 8.52. The van der Waals surface area contributed by atoms with E-state index in [2.05, 4.69) is 9.89 Å². The van der Waals surface area contributed by atoms with Crippen LogP contribution in [0.4, 0.5) is 4.79 Å². The Bertz CT molecular complexity index is 234. The van der Waals surface area contributed by atoms with Gasteiger partial charge in [0.05, 0.1) is 13.2 Å². The van der Waals surface area contributed by atoms with Crippen LogP contribution in [-0.4, -0.2) is 56.4 Å². The van der Waals surface area contributed by atoms with Crippen LogP contribution in [-0.2, 0) is 9.47 Å². The van der Waals surface area contributed by atoms with Crippen molar-refractivity contribution in [3.05, 3.63) is 0 Å². The van der Waals surface area contributed by atoms with Gasteiger partial charge in [-0.15, -0.1) is 4.99 Å². The van der Waals surface area contributed by atoms with E-state index >= 15 is 0 Å². The highest BCUT2D eigenvalue weighted by atomic mass is 16.5. The molecule has 1 amide bonds. The average Bonchev–Trinajstić information content (AvgIpc) is 2.18. The van der Waals surface area contributed by atoms with Crippen molar-refractivity contribution in [3.63, 3.8) is 0 Å². The lowest BCUT2D eigenvalue weighted by molar-refractivity contribution is 0.0288. The minimum atomic E-state index is -0.747. The molecule has 0 aromatic heterocycles. The maximum Gasteiger partial charge on any atom is 0.436 e. The van der Waals surface area contributed by atoms with Gasteiger partial charge in [-0.3, -0.25) is 4.90 Å². The number of carbonyl (C=O) groups is 1. The topological polar surface area (TPSA) is 103 Å². The second-order valence-corrected chi connectivity index (χ2v) is 3.11. The first kappa shape index (κ1) is 11.7. The molecular weight excluding hydrogens is 200 g/mol. The Morgan fingerprint density at radius 3 is 2.67 bits per heavy atom. The number of nitrogens with two attached hydrogens (primary N) is 2. The van der Waals surface area contributed by atoms with Crippen molar-refractivity contribution in [2.45, 2.75) is 0 Å². The number of hydrogen-bond acceptors (Lipinski definition) is 4. The van der Waals surface area contributed by atoms with Crippen molar-refractivity contribution in [2.75, 3.05) is 39.5 Å². The van der Waals surface area contributed by atoms with Crippen molar-refractivity contribution in [2.24, 2.45) is 16.5 Å². The number of rotatable bonds is 3. The summed E-state index contributed by atoms with van der Waals surface area (Å²) in [7, 11) is 0. The lowest BCUT2D eigenvalue weighted by atomic mass is 10.4. The first-order valence-electron chi connectivity index (χ1n) is 4.75. The number of ether oxygens (including phenoxy) is 2. The summed E-state index contributed by atoms with van der Waals surface area (Å²) in [4.78, 5) is 16.3. The van der Waals surface area contributed by atoms with Gasteiger partial charge in [0.1, 0.15) is 6.61 Å². The van der Waals surface area contributed by atoms with E-state index in [9.17, 15) is 4.79 Å². The Morgan fingerprint density at radius 1 is 1.40 bits per heavy atom. The van der Waals surface area contributed by atoms with E-state index in [1.807, 2.05) is 0 Å². The second kappa shape index (κ2) is 6.20. The number of aliphatic imine (C=N–C) groups is 1. The summed E-state index contributed by atoms with van der Waals surface area (Å²) in [6.07, 6.45) is -0.747. The van der Waals surface area contributed by atoms with Crippen LogP contribution in [0.2, 0.25) is 0 Å². The molecule has 1 heterocycles. The van der Waals surface area contributed by atoms with Crippen molar-refractivity contribution in [1.82, 2.24) is 4.90 Å². The van der Waals surface area contributed by atoms with Gasteiger partial charge in [-0.25, -0.2) is 4.79 Å². The van der Waals surface area contributed by atoms with Crippen LogP contribution in [0.25, 0.3) is 0 Å². The molecule has 0 unspecified atom stereocenters. The lowest BCUT2D eigenvalue weighted by Crippen LogP contribution is -2.38. The largest absolute Gasteiger partial charge is 0.446 e. The van der Waals surface area contributed by atoms with E-state index in [0.29, 0.717) is 6.54 Å². The zero-order valence-corrected chi connectivity index (χ0v) is 8.52. The van der Waals surface area contributed by atoms with Crippen LogP contribution in [0, 0.1) is 0 Å². The average molecular weight is 216 g/mol. The Labute approximate surface area is 88.0 Å². The first-order valence-corrected chi connectivity index (χ1v) is 4.75. The molecule has 0 saturated carbocycles. The van der Waals surface area contributed by atoms with Crippen LogP contribution in [0.1, 0.15) is 0 Å². The van der Waals surface area contributed by atoms with E-state index < -0.39 is 6.09 Å². The van der Waals surface area contributed by atoms with Gasteiger partial charge in [0.15, 0.2) is 5.96 Å². The zero-order chi connectivity index (χ0) is 11.1. The maximum absolute atomic E-state index is 10.9. The third kappa shape index (κ3) is 5.18. The Hall–Kier alpha value is -1.34. The van der Waals surface area contributed by atoms with Gasteiger partial charge in [-0.05, 0) is 0 Å². The normalized spacial score (nSPS) is 17.1. The Balaban J connectivity index is 2.10. The van der Waals surface area contributed by atoms with Gasteiger partial charge >= 0.3 is 6.09 Å². The Kier molecular flexibility index (Phi) is 4.85.